The lowest BCUT2D eigenvalue weighted by atomic mass is 9.52. The molecule has 4 atom stereocenters. The Morgan fingerprint density at radius 1 is 0.960 bits per heavy atom. The van der Waals surface area contributed by atoms with Crippen LogP contribution in [0.2, 0.25) is 0 Å². The molecular formula is C20H19N3O2. The summed E-state index contributed by atoms with van der Waals surface area (Å²) in [4.78, 5) is 26.4. The van der Waals surface area contributed by atoms with Gasteiger partial charge in [-0.1, -0.05) is 48.4 Å². The van der Waals surface area contributed by atoms with Crippen LogP contribution in [0.4, 0.5) is 0 Å². The molecule has 7 rings (SSSR count). The van der Waals surface area contributed by atoms with Gasteiger partial charge in [0, 0.05) is 11.3 Å². The lowest BCUT2D eigenvalue weighted by molar-refractivity contribution is 0.0251. The van der Waals surface area contributed by atoms with Crippen molar-refractivity contribution in [2.75, 3.05) is 0 Å². The second kappa shape index (κ2) is 4.34. The van der Waals surface area contributed by atoms with Crippen LogP contribution < -0.4 is 11.4 Å². The second-order valence-corrected chi connectivity index (χ2v) is 7.76. The Morgan fingerprint density at radius 2 is 1.76 bits per heavy atom. The molecule has 1 spiro atoms. The van der Waals surface area contributed by atoms with E-state index in [2.05, 4.69) is 18.2 Å². The van der Waals surface area contributed by atoms with Crippen LogP contribution in [0.3, 0.4) is 0 Å². The molecular weight excluding hydrogens is 314 g/mol. The quantitative estimate of drug-likeness (QED) is 0.753. The van der Waals surface area contributed by atoms with Gasteiger partial charge in [0.15, 0.2) is 0 Å². The van der Waals surface area contributed by atoms with Gasteiger partial charge in [0.05, 0.1) is 17.8 Å². The normalized spacial score (nSPS) is 33.9. The maximum absolute atomic E-state index is 13.2. The lowest BCUT2D eigenvalue weighted by Gasteiger charge is -2.59. The van der Waals surface area contributed by atoms with Gasteiger partial charge in [-0.2, -0.15) is 0 Å². The van der Waals surface area contributed by atoms with E-state index in [9.17, 15) is 9.59 Å². The number of hydrogen-bond donors (Lipinski definition) is 0. The Bertz CT molecular complexity index is 1070. The summed E-state index contributed by atoms with van der Waals surface area (Å²) < 4.78 is 4.78. The summed E-state index contributed by atoms with van der Waals surface area (Å²) in [7, 11) is 0. The molecule has 0 unspecified atom stereocenters. The van der Waals surface area contributed by atoms with Crippen LogP contribution in [0.15, 0.2) is 63.7 Å². The van der Waals surface area contributed by atoms with E-state index in [1.807, 2.05) is 30.3 Å². The zero-order valence-electron chi connectivity index (χ0n) is 13.8. The first-order valence-electron chi connectivity index (χ1n) is 9.14. The number of nitrogens with zero attached hydrogens (tertiary/aromatic N) is 3. The minimum Gasteiger partial charge on any atom is -0.245 e. The van der Waals surface area contributed by atoms with E-state index in [0.717, 1.165) is 12.8 Å². The first-order valence-corrected chi connectivity index (χ1v) is 9.14. The van der Waals surface area contributed by atoms with E-state index in [1.54, 1.807) is 9.36 Å². The molecule has 0 N–H and O–H groups in total. The van der Waals surface area contributed by atoms with Crippen molar-refractivity contribution in [3.8, 4) is 5.69 Å². The molecule has 0 fully saturated rings. The van der Waals surface area contributed by atoms with Gasteiger partial charge < -0.3 is 0 Å². The van der Waals surface area contributed by atoms with Crippen molar-refractivity contribution in [2.24, 2.45) is 11.3 Å². The highest BCUT2D eigenvalue weighted by Gasteiger charge is 2.61. The third kappa shape index (κ3) is 1.42. The Kier molecular flexibility index (Phi) is 2.38. The monoisotopic (exact) mass is 333 g/mol. The summed E-state index contributed by atoms with van der Waals surface area (Å²) in [5.41, 5.74) is 1.76. The minimum absolute atomic E-state index is 0.0201. The van der Waals surface area contributed by atoms with Gasteiger partial charge in [-0.25, -0.2) is 23.5 Å². The zero-order chi connectivity index (χ0) is 16.8. The summed E-state index contributed by atoms with van der Waals surface area (Å²) >= 11 is 0. The summed E-state index contributed by atoms with van der Waals surface area (Å²) in [6.45, 7) is 0. The predicted octanol–water partition coefficient (Wildman–Crippen LogP) is 2.58. The topological polar surface area (TPSA) is 48.9 Å². The SMILES string of the molecule is O=c1n(-c2ccccc2)c(=O)n2n1[C@@H]1C=C[C@H]2[C@]23C=C(CCCC2)[C@H]13. The molecule has 126 valence electrons. The summed E-state index contributed by atoms with van der Waals surface area (Å²) in [5.74, 6) is 0.397. The highest BCUT2D eigenvalue weighted by molar-refractivity contribution is 5.41. The molecule has 1 aromatic carbocycles. The van der Waals surface area contributed by atoms with Crippen LogP contribution in [-0.4, -0.2) is 13.9 Å². The number of rotatable bonds is 1. The molecule has 5 nitrogen and oxygen atoms in total. The second-order valence-electron chi connectivity index (χ2n) is 7.76. The van der Waals surface area contributed by atoms with E-state index < -0.39 is 0 Å². The molecule has 5 heteroatoms. The van der Waals surface area contributed by atoms with E-state index in [4.69, 9.17) is 0 Å². The standard InChI is InChI=1S/C20H19N3O2/c24-18-21(14-7-2-1-3-8-14)19(25)23-16-10-9-15(22(18)23)17-13-6-4-5-11-20(16,17)12-13/h1-3,7-10,12,15-17H,4-6,11H2/t15-,16+,17-,20-/m1/s1. The summed E-state index contributed by atoms with van der Waals surface area (Å²) in [6.07, 6.45) is 11.4. The third-order valence-electron chi connectivity index (χ3n) is 6.71. The average Bonchev–Trinajstić information content (AvgIpc) is 2.81. The number of allylic oxidation sites excluding steroid dienone is 4. The highest BCUT2D eigenvalue weighted by atomic mass is 16.2. The van der Waals surface area contributed by atoms with E-state index in [1.165, 1.54) is 23.0 Å². The van der Waals surface area contributed by atoms with Gasteiger partial charge in [-0.3, -0.25) is 0 Å². The molecule has 1 aromatic heterocycles. The molecule has 5 aliphatic rings. The molecule has 2 aliphatic heterocycles. The lowest BCUT2D eigenvalue weighted by Crippen LogP contribution is -2.58. The van der Waals surface area contributed by atoms with Crippen LogP contribution >= 0.6 is 0 Å². The van der Waals surface area contributed by atoms with Crippen LogP contribution in [-0.2, 0) is 0 Å². The van der Waals surface area contributed by atoms with E-state index in [-0.39, 0.29) is 28.9 Å². The Labute approximate surface area is 144 Å². The average molecular weight is 333 g/mol. The highest BCUT2D eigenvalue weighted by Crippen LogP contribution is 2.66. The van der Waals surface area contributed by atoms with Crippen LogP contribution in [0, 0.1) is 11.3 Å². The fraction of sp³-hybridized carbons (Fsp3) is 0.400. The van der Waals surface area contributed by atoms with Crippen molar-refractivity contribution in [2.45, 2.75) is 37.8 Å². The predicted molar refractivity (Wildman–Crippen MR) is 94.0 cm³/mol. The Hall–Kier alpha value is -2.56. The Morgan fingerprint density at radius 3 is 2.60 bits per heavy atom. The number of para-hydroxylation sites is 1. The largest absolute Gasteiger partial charge is 0.352 e. The number of aromatic nitrogens is 3. The van der Waals surface area contributed by atoms with Gasteiger partial charge in [0.2, 0.25) is 0 Å². The zero-order valence-corrected chi connectivity index (χ0v) is 13.8. The van der Waals surface area contributed by atoms with Gasteiger partial charge in [-0.05, 0) is 31.4 Å². The van der Waals surface area contributed by atoms with Crippen molar-refractivity contribution in [3.05, 3.63) is 75.1 Å². The molecule has 0 saturated carbocycles. The molecule has 0 amide bonds. The molecule has 2 aromatic rings. The van der Waals surface area contributed by atoms with Crippen molar-refractivity contribution in [1.82, 2.24) is 13.9 Å². The molecule has 4 bridgehead atoms. The first-order chi connectivity index (χ1) is 12.2. The van der Waals surface area contributed by atoms with Crippen molar-refractivity contribution in [1.29, 1.82) is 0 Å². The molecule has 3 heterocycles. The van der Waals surface area contributed by atoms with Crippen molar-refractivity contribution in [3.63, 3.8) is 0 Å². The Balaban J connectivity index is 1.63. The molecule has 3 aliphatic carbocycles. The van der Waals surface area contributed by atoms with Gasteiger partial charge in [0.1, 0.15) is 0 Å². The molecule has 25 heavy (non-hydrogen) atoms. The fourth-order valence-corrected chi connectivity index (χ4v) is 5.78. The van der Waals surface area contributed by atoms with E-state index in [0.29, 0.717) is 11.6 Å². The van der Waals surface area contributed by atoms with Crippen molar-refractivity contribution < 1.29 is 0 Å². The van der Waals surface area contributed by atoms with Gasteiger partial charge >= 0.3 is 11.4 Å². The van der Waals surface area contributed by atoms with Crippen LogP contribution in [0.1, 0.15) is 37.8 Å². The van der Waals surface area contributed by atoms with Gasteiger partial charge in [0.25, 0.3) is 0 Å². The van der Waals surface area contributed by atoms with E-state index >= 15 is 0 Å². The maximum atomic E-state index is 13.2. The number of hydrogen-bond acceptors (Lipinski definition) is 2. The molecule has 0 saturated heterocycles. The maximum Gasteiger partial charge on any atom is 0.352 e. The summed E-state index contributed by atoms with van der Waals surface area (Å²) in [5, 5.41) is 0. The number of benzene rings is 1. The van der Waals surface area contributed by atoms with Crippen LogP contribution in [0.25, 0.3) is 5.69 Å². The van der Waals surface area contributed by atoms with Crippen LogP contribution in [0.5, 0.6) is 0 Å². The third-order valence-corrected chi connectivity index (χ3v) is 6.71. The molecule has 0 radical (unpaired) electrons. The minimum atomic E-state index is -0.213. The van der Waals surface area contributed by atoms with Crippen molar-refractivity contribution >= 4 is 0 Å². The smallest absolute Gasteiger partial charge is 0.245 e. The summed E-state index contributed by atoms with van der Waals surface area (Å²) in [6, 6.07) is 9.20. The van der Waals surface area contributed by atoms with Gasteiger partial charge in [-0.15, -0.1) is 0 Å². The fourth-order valence-electron chi connectivity index (χ4n) is 5.78. The first kappa shape index (κ1) is 13.7.